The first kappa shape index (κ1) is 47.3. The van der Waals surface area contributed by atoms with Crippen molar-refractivity contribution in [2.75, 3.05) is 62.7 Å². The van der Waals surface area contributed by atoms with Crippen LogP contribution in [0.1, 0.15) is 73.6 Å². The van der Waals surface area contributed by atoms with Crippen molar-refractivity contribution in [1.29, 1.82) is 0 Å². The van der Waals surface area contributed by atoms with Crippen LogP contribution in [0.2, 0.25) is 0 Å². The van der Waals surface area contributed by atoms with Crippen LogP contribution in [0.4, 0.5) is 21.0 Å². The van der Waals surface area contributed by atoms with Gasteiger partial charge in [0.15, 0.2) is 35.5 Å². The maximum Gasteiger partial charge on any atom is 0.417 e. The monoisotopic (exact) mass is 933 g/mol. The van der Waals surface area contributed by atoms with Gasteiger partial charge in [0.25, 0.3) is 11.8 Å². The van der Waals surface area contributed by atoms with Crippen molar-refractivity contribution in [3.05, 3.63) is 84.1 Å². The number of aliphatic hydroxyl groups excluding tert-OH is 2. The first-order valence-corrected chi connectivity index (χ1v) is 23.6. The number of carbonyl (C=O) groups excluding carboxylic acids is 4. The third kappa shape index (κ3) is 10.4. The number of unbranched alkanes of at least 4 members (excludes halogenated alkanes) is 2. The van der Waals surface area contributed by atoms with Crippen LogP contribution >= 0.6 is 21.6 Å². The molecule has 2 aromatic carbocycles. The molecule has 0 unspecified atom stereocenters. The van der Waals surface area contributed by atoms with E-state index in [4.69, 9.17) is 28.4 Å². The topological polar surface area (TPSA) is 190 Å². The fraction of sp³-hybridized carbons (Fsp3) is 0.457. The van der Waals surface area contributed by atoms with Crippen LogP contribution in [0.3, 0.4) is 0 Å². The van der Waals surface area contributed by atoms with Crippen LogP contribution in [0.15, 0.2) is 78.0 Å². The minimum atomic E-state index is -1.43. The van der Waals surface area contributed by atoms with Crippen molar-refractivity contribution in [1.82, 2.24) is 14.8 Å². The van der Waals surface area contributed by atoms with Crippen molar-refractivity contribution in [2.45, 2.75) is 88.0 Å². The van der Waals surface area contributed by atoms with Gasteiger partial charge in [0.1, 0.15) is 17.2 Å². The molecular weight excluding hydrogens is 879 g/mol. The fourth-order valence-corrected chi connectivity index (χ4v) is 9.86. The number of amides is 4. The zero-order chi connectivity index (χ0) is 46.6. The first-order valence-electron chi connectivity index (χ1n) is 21.3. The summed E-state index contributed by atoms with van der Waals surface area (Å²) in [7, 11) is 5.83. The van der Waals surface area contributed by atoms with Gasteiger partial charge in [-0.1, -0.05) is 41.2 Å². The Morgan fingerprint density at radius 2 is 1.28 bits per heavy atom. The molecule has 1 aromatic heterocycles. The van der Waals surface area contributed by atoms with Crippen LogP contribution in [-0.2, 0) is 9.47 Å². The molecule has 0 saturated carbocycles. The Labute approximate surface area is 386 Å². The largest absolute Gasteiger partial charge is 0.493 e. The van der Waals surface area contributed by atoms with Gasteiger partial charge >= 0.3 is 12.2 Å². The molecule has 19 heteroatoms. The minimum absolute atomic E-state index is 0.0443. The summed E-state index contributed by atoms with van der Waals surface area (Å²) < 4.78 is 35.0. The van der Waals surface area contributed by atoms with Crippen molar-refractivity contribution in [3.8, 4) is 23.0 Å². The second-order valence-electron chi connectivity index (χ2n) is 16.9. The summed E-state index contributed by atoms with van der Waals surface area (Å²) in [6, 6.07) is 10.2. The molecule has 4 aliphatic rings. The van der Waals surface area contributed by atoms with Crippen LogP contribution in [0.25, 0.3) is 0 Å². The number of benzene rings is 2. The standard InChI is InChI=1S/C46H55N5O12S2/c1-27-19-33-42(54)50(44(56)62-17-18-64-65-39-13-9-10-14-47-39)31-23-37(35(58-6)21-29(31)40(52)48(33)25-27)60-15-11-8-12-16-61-38-24-32-30(22-36(38)59-7)41(53)49-26-28(2)20-34(49)43(55)51(32)45(57)63-46(3,4)5/h9-10,13-14,21-24,33-34,42-43,54-55H,1-2,8,11-12,15-20,25-26H2,3-7H3/t33-,34-,42-,43-/m0/s1. The smallest absolute Gasteiger partial charge is 0.417 e. The van der Waals surface area contributed by atoms with Gasteiger partial charge in [-0.05, 0) is 87.9 Å². The maximum atomic E-state index is 14.0. The second-order valence-corrected chi connectivity index (χ2v) is 19.4. The van der Waals surface area contributed by atoms with Gasteiger partial charge in [-0.25, -0.2) is 24.4 Å². The Bertz CT molecular complexity index is 2310. The van der Waals surface area contributed by atoms with E-state index in [1.807, 2.05) is 18.2 Å². The molecule has 7 rings (SSSR count). The minimum Gasteiger partial charge on any atom is -0.493 e. The number of methoxy groups -OCH3 is 2. The van der Waals surface area contributed by atoms with E-state index in [0.717, 1.165) is 26.0 Å². The lowest BCUT2D eigenvalue weighted by Gasteiger charge is -2.33. The van der Waals surface area contributed by atoms with Crippen molar-refractivity contribution < 1.29 is 57.8 Å². The number of ether oxygens (including phenoxy) is 6. The second kappa shape index (κ2) is 20.3. The predicted molar refractivity (Wildman–Crippen MR) is 245 cm³/mol. The summed E-state index contributed by atoms with van der Waals surface area (Å²) in [6.45, 7) is 14.2. The molecule has 0 aliphatic carbocycles. The lowest BCUT2D eigenvalue weighted by Crippen LogP contribution is -2.51. The highest BCUT2D eigenvalue weighted by Crippen LogP contribution is 2.44. The Kier molecular flexibility index (Phi) is 14.8. The molecule has 4 amide bonds. The maximum absolute atomic E-state index is 14.0. The molecule has 2 N–H and O–H groups in total. The van der Waals surface area contributed by atoms with Gasteiger partial charge in [-0.15, -0.1) is 0 Å². The Hall–Kier alpha value is -5.63. The van der Waals surface area contributed by atoms with E-state index < -0.39 is 42.3 Å². The number of pyridine rings is 1. The summed E-state index contributed by atoms with van der Waals surface area (Å²) >= 11 is 0. The number of hydrogen-bond donors (Lipinski definition) is 2. The van der Waals surface area contributed by atoms with Gasteiger partial charge in [0, 0.05) is 37.2 Å². The van der Waals surface area contributed by atoms with Gasteiger partial charge in [-0.3, -0.25) is 9.59 Å². The van der Waals surface area contributed by atoms with Crippen LogP contribution in [0, 0.1) is 0 Å². The predicted octanol–water partition coefficient (Wildman–Crippen LogP) is 7.06. The number of aromatic nitrogens is 1. The van der Waals surface area contributed by atoms with Crippen LogP contribution < -0.4 is 28.7 Å². The van der Waals surface area contributed by atoms with Crippen molar-refractivity contribution in [2.24, 2.45) is 0 Å². The van der Waals surface area contributed by atoms with Gasteiger partial charge < -0.3 is 48.4 Å². The number of anilines is 2. The van der Waals surface area contributed by atoms with Crippen LogP contribution in [0.5, 0.6) is 23.0 Å². The highest BCUT2D eigenvalue weighted by atomic mass is 33.1. The summed E-state index contributed by atoms with van der Waals surface area (Å²) in [5, 5.41) is 24.1. The third-order valence-electron chi connectivity index (χ3n) is 11.1. The summed E-state index contributed by atoms with van der Waals surface area (Å²) in [5.74, 6) is 0.760. The van der Waals surface area contributed by atoms with E-state index in [-0.39, 0.29) is 90.2 Å². The third-order valence-corrected chi connectivity index (χ3v) is 13.4. The Morgan fingerprint density at radius 3 is 1.75 bits per heavy atom. The Morgan fingerprint density at radius 1 is 0.754 bits per heavy atom. The molecule has 4 atom stereocenters. The average molecular weight is 934 g/mol. The number of rotatable bonds is 15. The highest BCUT2D eigenvalue weighted by Gasteiger charge is 2.48. The quantitative estimate of drug-likeness (QED) is 0.0895. The number of carbonyl (C=O) groups is 4. The summed E-state index contributed by atoms with van der Waals surface area (Å²) in [6.07, 6.45) is -0.342. The van der Waals surface area contributed by atoms with E-state index >= 15 is 0 Å². The van der Waals surface area contributed by atoms with E-state index in [2.05, 4.69) is 18.1 Å². The number of hydrogen-bond acceptors (Lipinski definition) is 15. The normalized spacial score (nSPS) is 20.4. The molecule has 5 heterocycles. The molecule has 2 fully saturated rings. The molecule has 4 aliphatic heterocycles. The van der Waals surface area contributed by atoms with E-state index in [1.165, 1.54) is 69.9 Å². The van der Waals surface area contributed by atoms with Crippen molar-refractivity contribution >= 4 is 57.0 Å². The molecule has 3 aromatic rings. The lowest BCUT2D eigenvalue weighted by molar-refractivity contribution is 0.0310. The van der Waals surface area contributed by atoms with Gasteiger partial charge in [0.05, 0.1) is 62.0 Å². The van der Waals surface area contributed by atoms with Crippen LogP contribution in [-0.4, -0.2) is 132 Å². The fourth-order valence-electron chi connectivity index (χ4n) is 8.16. The molecule has 17 nitrogen and oxygen atoms in total. The summed E-state index contributed by atoms with van der Waals surface area (Å²) in [5.41, 5.74) is 1.20. The van der Waals surface area contributed by atoms with E-state index in [9.17, 15) is 29.4 Å². The molecular formula is C46H55N5O12S2. The highest BCUT2D eigenvalue weighted by molar-refractivity contribution is 8.76. The number of nitrogens with zero attached hydrogens (tertiary/aromatic N) is 5. The van der Waals surface area contributed by atoms with Crippen molar-refractivity contribution in [3.63, 3.8) is 0 Å². The molecule has 0 bridgehead atoms. The van der Waals surface area contributed by atoms with Gasteiger partial charge in [-0.2, -0.15) is 0 Å². The summed E-state index contributed by atoms with van der Waals surface area (Å²) in [4.78, 5) is 64.8. The molecule has 2 saturated heterocycles. The zero-order valence-corrected chi connectivity index (χ0v) is 38.8. The zero-order valence-electron chi connectivity index (χ0n) is 37.2. The molecule has 0 radical (unpaired) electrons. The molecule has 65 heavy (non-hydrogen) atoms. The average Bonchev–Trinajstić information content (AvgIpc) is 3.83. The first-order chi connectivity index (χ1) is 31.1. The van der Waals surface area contributed by atoms with Gasteiger partial charge in [0.2, 0.25) is 0 Å². The number of aliphatic hydroxyl groups is 2. The SMILES string of the molecule is C=C1C[C@H]2[C@H](O)N(C(=O)OCCSSc3ccccn3)c3cc(OCCCCCOc4cc5c(cc4OC)C(=O)N4CC(=C)C[C@H]4[C@H](O)N5C(=O)OC(C)(C)C)c(OC)cc3C(=O)N2C1. The van der Waals surface area contributed by atoms with E-state index in [0.29, 0.717) is 37.9 Å². The number of fused-ring (bicyclic) bond motifs is 4. The van der Waals surface area contributed by atoms with E-state index in [1.54, 1.807) is 27.0 Å². The lowest BCUT2D eigenvalue weighted by atomic mass is 10.1. The molecule has 0 spiro atoms. The Balaban J connectivity index is 1.01. The molecule has 348 valence electrons.